The van der Waals surface area contributed by atoms with Crippen LogP contribution in [0.1, 0.15) is 18.0 Å². The maximum absolute atomic E-state index is 8.75. The molecule has 0 amide bonds. The summed E-state index contributed by atoms with van der Waals surface area (Å²) < 4.78 is 0. The van der Waals surface area contributed by atoms with Crippen LogP contribution in [0.15, 0.2) is 30.3 Å². The lowest BCUT2D eigenvalue weighted by Crippen LogP contribution is -2.16. The highest BCUT2D eigenvalue weighted by Gasteiger charge is 2.31. The van der Waals surface area contributed by atoms with Crippen LogP contribution in [-0.4, -0.2) is 18.2 Å². The largest absolute Gasteiger partial charge is 0.280 e. The molecule has 14 heavy (non-hydrogen) atoms. The van der Waals surface area contributed by atoms with Gasteiger partial charge in [-0.2, -0.15) is 10.3 Å². The molecule has 1 aliphatic heterocycles. The minimum atomic E-state index is -0.301. The molecule has 2 rings (SSSR count). The zero-order chi connectivity index (χ0) is 9.97. The zero-order valence-electron chi connectivity index (χ0n) is 8.05. The highest BCUT2D eigenvalue weighted by atomic mass is 16.7. The van der Waals surface area contributed by atoms with Crippen LogP contribution in [0.5, 0.6) is 0 Å². The Kier molecular flexibility index (Phi) is 2.49. The average Bonchev–Trinajstić information content (AvgIpc) is 2.61. The Bertz CT molecular complexity index is 344. The van der Waals surface area contributed by atoms with Crippen LogP contribution in [0.25, 0.3) is 0 Å². The van der Waals surface area contributed by atoms with E-state index < -0.39 is 0 Å². The number of rotatable bonds is 1. The summed E-state index contributed by atoms with van der Waals surface area (Å²) in [4.78, 5) is 5.35. The third kappa shape index (κ3) is 1.63. The summed E-state index contributed by atoms with van der Waals surface area (Å²) in [5.41, 5.74) is 1.20. The van der Waals surface area contributed by atoms with E-state index in [2.05, 4.69) is 18.2 Å². The molecule has 1 aliphatic rings. The topological polar surface area (TPSA) is 36.3 Å². The molecule has 72 valence electrons. The summed E-state index contributed by atoms with van der Waals surface area (Å²) in [5, 5.41) is 10.5. The second-order valence-corrected chi connectivity index (χ2v) is 3.43. The molecule has 1 saturated heterocycles. The van der Waals surface area contributed by atoms with Gasteiger partial charge in [-0.25, -0.2) is 0 Å². The van der Waals surface area contributed by atoms with Crippen molar-refractivity contribution in [3.8, 4) is 6.07 Å². The Morgan fingerprint density at radius 3 is 2.71 bits per heavy atom. The second kappa shape index (κ2) is 3.79. The summed E-state index contributed by atoms with van der Waals surface area (Å²) >= 11 is 0. The summed E-state index contributed by atoms with van der Waals surface area (Å²) in [7, 11) is 1.87. The van der Waals surface area contributed by atoms with Crippen molar-refractivity contribution in [3.63, 3.8) is 0 Å². The van der Waals surface area contributed by atoms with Crippen molar-refractivity contribution < 1.29 is 4.84 Å². The van der Waals surface area contributed by atoms with Crippen molar-refractivity contribution in [3.05, 3.63) is 35.9 Å². The van der Waals surface area contributed by atoms with Crippen molar-refractivity contribution in [2.75, 3.05) is 7.05 Å². The van der Waals surface area contributed by atoms with E-state index >= 15 is 0 Å². The maximum Gasteiger partial charge on any atom is 0.167 e. The van der Waals surface area contributed by atoms with Crippen LogP contribution in [0, 0.1) is 11.3 Å². The van der Waals surface area contributed by atoms with Gasteiger partial charge in [0, 0.05) is 13.5 Å². The predicted octanol–water partition coefficient (Wildman–Crippen LogP) is 1.89. The molecule has 1 fully saturated rings. The molecule has 3 nitrogen and oxygen atoms in total. The van der Waals surface area contributed by atoms with Crippen LogP contribution in [0.3, 0.4) is 0 Å². The van der Waals surface area contributed by atoms with Gasteiger partial charge in [0.25, 0.3) is 0 Å². The molecule has 0 radical (unpaired) electrons. The molecule has 3 heteroatoms. The minimum Gasteiger partial charge on any atom is -0.280 e. The fourth-order valence-electron chi connectivity index (χ4n) is 1.77. The molecule has 0 aromatic heterocycles. The van der Waals surface area contributed by atoms with Gasteiger partial charge < -0.3 is 0 Å². The molecule has 0 unspecified atom stereocenters. The Morgan fingerprint density at radius 2 is 2.14 bits per heavy atom. The fourth-order valence-corrected chi connectivity index (χ4v) is 1.77. The van der Waals surface area contributed by atoms with Gasteiger partial charge in [-0.15, -0.1) is 0 Å². The van der Waals surface area contributed by atoms with Crippen molar-refractivity contribution >= 4 is 0 Å². The Hall–Kier alpha value is -1.37. The number of nitriles is 1. The highest BCUT2D eigenvalue weighted by molar-refractivity contribution is 5.20. The van der Waals surface area contributed by atoms with Gasteiger partial charge in [-0.1, -0.05) is 30.3 Å². The molecule has 2 atom stereocenters. The molecule has 0 saturated carbocycles. The van der Waals surface area contributed by atoms with E-state index in [0.29, 0.717) is 0 Å². The third-order valence-electron chi connectivity index (χ3n) is 2.50. The van der Waals surface area contributed by atoms with E-state index in [1.165, 1.54) is 5.56 Å². The number of hydrogen-bond acceptors (Lipinski definition) is 3. The lowest BCUT2D eigenvalue weighted by Gasteiger charge is -2.16. The standard InChI is InChI=1S/C11H12N2O/c1-13-11(7-10(8-12)14-13)9-5-3-2-4-6-9/h2-6,10-11H,7H2,1H3/t10-,11+/m0/s1. The van der Waals surface area contributed by atoms with E-state index in [9.17, 15) is 0 Å². The van der Waals surface area contributed by atoms with Crippen molar-refractivity contribution in [2.24, 2.45) is 0 Å². The lowest BCUT2D eigenvalue weighted by atomic mass is 10.0. The molecule has 0 bridgehead atoms. The van der Waals surface area contributed by atoms with Crippen LogP contribution in [0.2, 0.25) is 0 Å². The van der Waals surface area contributed by atoms with Crippen LogP contribution < -0.4 is 0 Å². The number of benzene rings is 1. The van der Waals surface area contributed by atoms with Gasteiger partial charge in [0.1, 0.15) is 0 Å². The Morgan fingerprint density at radius 1 is 1.43 bits per heavy atom. The van der Waals surface area contributed by atoms with E-state index in [0.717, 1.165) is 6.42 Å². The van der Waals surface area contributed by atoms with Gasteiger partial charge in [0.2, 0.25) is 0 Å². The van der Waals surface area contributed by atoms with Crippen molar-refractivity contribution in [2.45, 2.75) is 18.6 Å². The maximum atomic E-state index is 8.75. The van der Waals surface area contributed by atoms with E-state index in [1.807, 2.05) is 25.2 Å². The van der Waals surface area contributed by atoms with Crippen molar-refractivity contribution in [1.82, 2.24) is 5.06 Å². The first-order chi connectivity index (χ1) is 6.81. The van der Waals surface area contributed by atoms with Crippen LogP contribution >= 0.6 is 0 Å². The van der Waals surface area contributed by atoms with Gasteiger partial charge in [0.05, 0.1) is 12.1 Å². The first-order valence-electron chi connectivity index (χ1n) is 4.65. The molecule has 0 N–H and O–H groups in total. The first-order valence-corrected chi connectivity index (χ1v) is 4.65. The molecule has 1 heterocycles. The Balaban J connectivity index is 2.18. The molecule has 0 spiro atoms. The number of hydrogen-bond donors (Lipinski definition) is 0. The first kappa shape index (κ1) is 9.20. The number of nitrogens with zero attached hydrogens (tertiary/aromatic N) is 2. The molecular weight excluding hydrogens is 176 g/mol. The van der Waals surface area contributed by atoms with E-state index in [1.54, 1.807) is 5.06 Å². The third-order valence-corrected chi connectivity index (χ3v) is 2.50. The Labute approximate surface area is 83.5 Å². The second-order valence-electron chi connectivity index (χ2n) is 3.43. The van der Waals surface area contributed by atoms with E-state index in [-0.39, 0.29) is 12.1 Å². The molecule has 1 aromatic carbocycles. The van der Waals surface area contributed by atoms with Gasteiger partial charge in [0.15, 0.2) is 6.10 Å². The molecule has 1 aromatic rings. The quantitative estimate of drug-likeness (QED) is 0.675. The predicted molar refractivity (Wildman–Crippen MR) is 52.0 cm³/mol. The highest BCUT2D eigenvalue weighted by Crippen LogP contribution is 2.31. The zero-order valence-corrected chi connectivity index (χ0v) is 8.05. The average molecular weight is 188 g/mol. The smallest absolute Gasteiger partial charge is 0.167 e. The normalized spacial score (nSPS) is 27.4. The van der Waals surface area contributed by atoms with Crippen LogP contribution in [0.4, 0.5) is 0 Å². The van der Waals surface area contributed by atoms with Crippen LogP contribution in [-0.2, 0) is 4.84 Å². The van der Waals surface area contributed by atoms with Crippen molar-refractivity contribution in [1.29, 1.82) is 5.26 Å². The summed E-state index contributed by atoms with van der Waals surface area (Å²) in [6, 6.07) is 12.5. The van der Waals surface area contributed by atoms with E-state index in [4.69, 9.17) is 10.1 Å². The molecule has 0 aliphatic carbocycles. The SMILES string of the molecule is CN1O[C@H](C#N)C[C@@H]1c1ccccc1. The van der Waals surface area contributed by atoms with Gasteiger partial charge in [-0.3, -0.25) is 4.84 Å². The fraction of sp³-hybridized carbons (Fsp3) is 0.364. The van der Waals surface area contributed by atoms with Gasteiger partial charge >= 0.3 is 0 Å². The number of hydroxylamine groups is 2. The summed E-state index contributed by atoms with van der Waals surface area (Å²) in [6.45, 7) is 0. The van der Waals surface area contributed by atoms with Gasteiger partial charge in [-0.05, 0) is 5.56 Å². The monoisotopic (exact) mass is 188 g/mol. The lowest BCUT2D eigenvalue weighted by molar-refractivity contribution is -0.129. The summed E-state index contributed by atoms with van der Waals surface area (Å²) in [5.74, 6) is 0. The molecular formula is C11H12N2O. The minimum absolute atomic E-state index is 0.209. The summed E-state index contributed by atoms with van der Waals surface area (Å²) in [6.07, 6.45) is 0.446.